The highest BCUT2D eigenvalue weighted by Gasteiger charge is 2.25. The average molecular weight is 805 g/mol. The second-order valence-electron chi connectivity index (χ2n) is 16.3. The second kappa shape index (κ2) is 13.1. The van der Waals surface area contributed by atoms with E-state index >= 15 is 0 Å². The number of nitrogens with zero attached hydrogens (tertiary/aromatic N) is 4. The van der Waals surface area contributed by atoms with E-state index in [1.165, 1.54) is 0 Å². The van der Waals surface area contributed by atoms with Crippen LogP contribution in [0.1, 0.15) is 16.7 Å². The maximum atomic E-state index is 10.5. The first-order valence-corrected chi connectivity index (χ1v) is 21.0. The number of furan rings is 2. The van der Waals surface area contributed by atoms with E-state index < -0.39 is 0 Å². The summed E-state index contributed by atoms with van der Waals surface area (Å²) in [6, 6.07) is 65.4. The van der Waals surface area contributed by atoms with E-state index in [-0.39, 0.29) is 0 Å². The summed E-state index contributed by atoms with van der Waals surface area (Å²) in [5.74, 6) is 0. The van der Waals surface area contributed by atoms with E-state index in [0.29, 0.717) is 11.1 Å². The molecule has 0 bridgehead atoms. The Hall–Kier alpha value is -8.84. The Kier molecular flexibility index (Phi) is 7.26. The van der Waals surface area contributed by atoms with Crippen molar-refractivity contribution in [3.63, 3.8) is 0 Å². The predicted octanol–water partition coefficient (Wildman–Crippen LogP) is 15.1. The van der Waals surface area contributed by atoms with E-state index in [0.717, 1.165) is 127 Å². The summed E-state index contributed by atoms with van der Waals surface area (Å²) >= 11 is 0. The summed E-state index contributed by atoms with van der Waals surface area (Å²) < 4.78 is 18.0. The van der Waals surface area contributed by atoms with Gasteiger partial charge in [-0.2, -0.15) is 10.5 Å². The van der Waals surface area contributed by atoms with Crippen molar-refractivity contribution in [3.8, 4) is 45.8 Å². The lowest BCUT2D eigenvalue weighted by molar-refractivity contribution is 0.672. The monoisotopic (exact) mass is 804 g/mol. The van der Waals surface area contributed by atoms with Gasteiger partial charge in [-0.15, -0.1) is 0 Å². The van der Waals surface area contributed by atoms with Crippen molar-refractivity contribution in [1.82, 2.24) is 9.13 Å². The molecule has 0 radical (unpaired) electrons. The first-order chi connectivity index (χ1) is 31.1. The fourth-order valence-corrected chi connectivity index (χ4v) is 10.2. The largest absolute Gasteiger partial charge is 0.455 e. The lowest BCUT2D eigenvalue weighted by atomic mass is 9.93. The van der Waals surface area contributed by atoms with Gasteiger partial charge in [0.05, 0.1) is 67.5 Å². The van der Waals surface area contributed by atoms with Crippen LogP contribution in [0.5, 0.6) is 0 Å². The minimum atomic E-state index is 0.556. The molecule has 0 aliphatic heterocycles. The topological polar surface area (TPSA) is 83.7 Å². The van der Waals surface area contributed by atoms with Crippen LogP contribution in [0, 0.1) is 29.6 Å². The number of hydrogen-bond acceptors (Lipinski definition) is 4. The van der Waals surface area contributed by atoms with Crippen LogP contribution in [0.25, 0.3) is 121 Å². The number of benzene rings is 9. The first kappa shape index (κ1) is 35.0. The molecule has 0 amide bonds. The second-order valence-corrected chi connectivity index (χ2v) is 16.3. The maximum Gasteiger partial charge on any atom is 0.145 e. The quantitative estimate of drug-likeness (QED) is 0.177. The van der Waals surface area contributed by atoms with Gasteiger partial charge in [0.15, 0.2) is 0 Å². The number of aromatic nitrogens is 2. The number of rotatable bonds is 4. The van der Waals surface area contributed by atoms with Crippen LogP contribution in [0.3, 0.4) is 0 Å². The molecule has 0 fully saturated rings. The molecule has 6 nitrogen and oxygen atoms in total. The first-order valence-electron chi connectivity index (χ1n) is 21.0. The lowest BCUT2D eigenvalue weighted by Crippen LogP contribution is -2.03. The molecule has 0 saturated carbocycles. The summed E-state index contributed by atoms with van der Waals surface area (Å²) in [6.45, 7) is 2.06. The van der Waals surface area contributed by atoms with E-state index in [4.69, 9.17) is 8.83 Å². The summed E-state index contributed by atoms with van der Waals surface area (Å²) in [5, 5.41) is 28.7. The summed E-state index contributed by atoms with van der Waals surface area (Å²) in [7, 11) is 0. The Balaban J connectivity index is 1.15. The Morgan fingerprint density at radius 3 is 1.40 bits per heavy atom. The number of hydrogen-bond donors (Lipinski definition) is 0. The van der Waals surface area contributed by atoms with Gasteiger partial charge in [0.2, 0.25) is 0 Å². The molecule has 292 valence electrons. The summed E-state index contributed by atoms with van der Waals surface area (Å²) in [5.41, 5.74) is 15.4. The van der Waals surface area contributed by atoms with Gasteiger partial charge in [-0.05, 0) is 102 Å². The van der Waals surface area contributed by atoms with E-state index in [1.54, 1.807) is 0 Å². The number of nitriles is 2. The fraction of sp³-hybridized carbons (Fsp3) is 0.0175. The van der Waals surface area contributed by atoms with Crippen LogP contribution >= 0.6 is 0 Å². The molecular formula is C57H32N4O2. The van der Waals surface area contributed by atoms with Crippen molar-refractivity contribution in [3.05, 3.63) is 193 Å². The van der Waals surface area contributed by atoms with Crippen LogP contribution < -0.4 is 0 Å². The highest BCUT2D eigenvalue weighted by molar-refractivity contribution is 6.25. The van der Waals surface area contributed by atoms with Gasteiger partial charge in [-0.1, -0.05) is 97.1 Å². The zero-order valence-electron chi connectivity index (χ0n) is 33.8. The Morgan fingerprint density at radius 1 is 0.397 bits per heavy atom. The molecule has 0 unspecified atom stereocenters. The normalized spacial score (nSPS) is 11.9. The molecule has 4 heterocycles. The van der Waals surface area contributed by atoms with Gasteiger partial charge in [-0.25, -0.2) is 0 Å². The minimum Gasteiger partial charge on any atom is -0.455 e. The SMILES string of the molecule is Cc1cc(C#N)ccc1-c1ccc(-c2ccc(C#N)cc2-n2c3ccccc3c3c4oc5ccccc5c4ccc32)c(-n2c3ccccc3c3c4oc5ccccc5c4ccc32)c1. The molecule has 13 rings (SSSR count). The van der Waals surface area contributed by atoms with Gasteiger partial charge >= 0.3 is 0 Å². The fourth-order valence-electron chi connectivity index (χ4n) is 10.2. The smallest absolute Gasteiger partial charge is 0.145 e. The Morgan fingerprint density at radius 2 is 0.857 bits per heavy atom. The van der Waals surface area contributed by atoms with Gasteiger partial charge < -0.3 is 18.0 Å². The molecule has 0 aliphatic carbocycles. The maximum absolute atomic E-state index is 10.5. The molecule has 4 aromatic heterocycles. The van der Waals surface area contributed by atoms with E-state index in [9.17, 15) is 10.5 Å². The number of aryl methyl sites for hydroxylation is 1. The zero-order chi connectivity index (χ0) is 41.9. The van der Waals surface area contributed by atoms with E-state index in [1.807, 2.05) is 60.7 Å². The van der Waals surface area contributed by atoms with Crippen molar-refractivity contribution in [1.29, 1.82) is 10.5 Å². The van der Waals surface area contributed by atoms with Crippen molar-refractivity contribution in [2.45, 2.75) is 6.92 Å². The molecule has 63 heavy (non-hydrogen) atoms. The van der Waals surface area contributed by atoms with Crippen molar-refractivity contribution in [2.24, 2.45) is 0 Å². The van der Waals surface area contributed by atoms with E-state index in [2.05, 4.69) is 143 Å². The predicted molar refractivity (Wildman–Crippen MR) is 255 cm³/mol. The molecule has 0 saturated heterocycles. The third-order valence-corrected chi connectivity index (χ3v) is 12.9. The van der Waals surface area contributed by atoms with Gasteiger partial charge in [0.1, 0.15) is 22.3 Å². The highest BCUT2D eigenvalue weighted by atomic mass is 16.3. The zero-order valence-corrected chi connectivity index (χ0v) is 33.8. The summed E-state index contributed by atoms with van der Waals surface area (Å²) in [4.78, 5) is 0. The molecule has 0 atom stereocenters. The molecule has 0 N–H and O–H groups in total. The van der Waals surface area contributed by atoms with Crippen molar-refractivity contribution >= 4 is 87.5 Å². The molecule has 9 aromatic carbocycles. The third-order valence-electron chi connectivity index (χ3n) is 12.9. The minimum absolute atomic E-state index is 0.556. The molecular weight excluding hydrogens is 773 g/mol. The molecule has 0 spiro atoms. The van der Waals surface area contributed by atoms with Crippen LogP contribution in [0.15, 0.2) is 185 Å². The van der Waals surface area contributed by atoms with Crippen molar-refractivity contribution in [2.75, 3.05) is 0 Å². The van der Waals surface area contributed by atoms with Crippen LogP contribution in [0.4, 0.5) is 0 Å². The number of para-hydroxylation sites is 4. The lowest BCUT2D eigenvalue weighted by Gasteiger charge is -2.20. The number of fused-ring (bicyclic) bond motifs is 14. The standard InChI is InChI=1S/C57H32N4O2/c1-33-28-34(31-58)18-21-37(33)36-20-23-39(51(30-36)61-47-15-7-3-13-45(47)55-49(61)27-25-43-41-11-5-9-17-53(41)63-57(43)55)38-22-19-35(32-59)29-50(38)60-46-14-6-2-12-44(46)54-48(60)26-24-42-40-10-4-8-16-52(40)62-56(42)54/h2-30H,1H3. The third kappa shape index (κ3) is 4.92. The Labute approximate surface area is 359 Å². The average Bonchev–Trinajstić information content (AvgIpc) is 4.08. The van der Waals surface area contributed by atoms with Gasteiger partial charge in [-0.3, -0.25) is 0 Å². The highest BCUT2D eigenvalue weighted by Crippen LogP contribution is 2.46. The van der Waals surface area contributed by atoms with Gasteiger partial charge in [0, 0.05) is 43.4 Å². The molecule has 0 aliphatic rings. The molecule has 6 heteroatoms. The van der Waals surface area contributed by atoms with Crippen molar-refractivity contribution < 1.29 is 8.83 Å². The Bertz CT molecular complexity index is 4200. The van der Waals surface area contributed by atoms with Crippen LogP contribution in [0.2, 0.25) is 0 Å². The van der Waals surface area contributed by atoms with Gasteiger partial charge in [0.25, 0.3) is 0 Å². The summed E-state index contributed by atoms with van der Waals surface area (Å²) in [6.07, 6.45) is 0. The van der Waals surface area contributed by atoms with Crippen LogP contribution in [-0.2, 0) is 0 Å². The van der Waals surface area contributed by atoms with Crippen LogP contribution in [-0.4, -0.2) is 9.13 Å². The molecule has 13 aromatic rings.